The van der Waals surface area contributed by atoms with Crippen molar-refractivity contribution in [2.24, 2.45) is 5.92 Å². The van der Waals surface area contributed by atoms with Gasteiger partial charge in [-0.25, -0.2) is 10.1 Å². The first kappa shape index (κ1) is 9.27. The third-order valence-corrected chi connectivity index (χ3v) is 0.963. The second-order valence-corrected chi connectivity index (χ2v) is 2.55. The minimum atomic E-state index is -0.198. The number of nitrogens with one attached hydrogen (secondary N) is 1. The highest BCUT2D eigenvalue weighted by atomic mass is 16.2. The van der Waals surface area contributed by atoms with Gasteiger partial charge in [0.25, 0.3) is 0 Å². The van der Waals surface area contributed by atoms with Gasteiger partial charge in [0.05, 0.1) is 0 Å². The molecular formula is C7H15N2O. The first-order valence-corrected chi connectivity index (χ1v) is 3.62. The van der Waals surface area contributed by atoms with Gasteiger partial charge in [-0.15, -0.1) is 0 Å². The molecule has 0 aromatic rings. The Balaban J connectivity index is 3.22. The van der Waals surface area contributed by atoms with Crippen molar-refractivity contribution >= 4 is 6.03 Å². The Bertz CT molecular complexity index is 102. The van der Waals surface area contributed by atoms with Crippen LogP contribution in [0.3, 0.4) is 0 Å². The number of urea groups is 1. The fourth-order valence-corrected chi connectivity index (χ4v) is 0.491. The van der Waals surface area contributed by atoms with Crippen LogP contribution in [-0.2, 0) is 0 Å². The molecule has 0 aliphatic rings. The highest BCUT2D eigenvalue weighted by molar-refractivity contribution is 5.73. The molecule has 0 fully saturated rings. The Morgan fingerprint density at radius 2 is 2.20 bits per heavy atom. The molecule has 0 aliphatic heterocycles. The molecule has 10 heavy (non-hydrogen) atoms. The summed E-state index contributed by atoms with van der Waals surface area (Å²) < 4.78 is 0. The summed E-state index contributed by atoms with van der Waals surface area (Å²) in [4.78, 5) is 10.7. The van der Waals surface area contributed by atoms with Gasteiger partial charge >= 0.3 is 6.03 Å². The van der Waals surface area contributed by atoms with Crippen molar-refractivity contribution in [3.63, 3.8) is 0 Å². The van der Waals surface area contributed by atoms with Crippen LogP contribution in [0.15, 0.2) is 0 Å². The van der Waals surface area contributed by atoms with E-state index in [2.05, 4.69) is 10.6 Å². The zero-order chi connectivity index (χ0) is 7.98. The molecule has 0 aromatic carbocycles. The number of hydrogen-bond acceptors (Lipinski definition) is 1. The van der Waals surface area contributed by atoms with E-state index in [0.717, 1.165) is 0 Å². The number of rotatable bonds is 3. The van der Waals surface area contributed by atoms with E-state index < -0.39 is 0 Å². The van der Waals surface area contributed by atoms with Gasteiger partial charge in [0.2, 0.25) is 0 Å². The van der Waals surface area contributed by atoms with E-state index in [4.69, 9.17) is 0 Å². The average molecular weight is 143 g/mol. The molecule has 0 saturated heterocycles. The Morgan fingerprint density at radius 1 is 1.60 bits per heavy atom. The summed E-state index contributed by atoms with van der Waals surface area (Å²) >= 11 is 0. The monoisotopic (exact) mass is 143 g/mol. The van der Waals surface area contributed by atoms with E-state index in [9.17, 15) is 4.79 Å². The maximum Gasteiger partial charge on any atom is 0.336 e. The van der Waals surface area contributed by atoms with Crippen LogP contribution in [0.2, 0.25) is 0 Å². The van der Waals surface area contributed by atoms with Gasteiger partial charge in [-0.3, -0.25) is 0 Å². The zero-order valence-electron chi connectivity index (χ0n) is 6.85. The Kier molecular flexibility index (Phi) is 4.72. The van der Waals surface area contributed by atoms with Crippen molar-refractivity contribution in [3.8, 4) is 0 Å². The van der Waals surface area contributed by atoms with Crippen LogP contribution in [-0.4, -0.2) is 19.1 Å². The minimum absolute atomic E-state index is 0.198. The third kappa shape index (κ3) is 5.41. The normalized spacial score (nSPS) is 9.60. The minimum Gasteiger partial charge on any atom is -0.336 e. The predicted octanol–water partition coefficient (Wildman–Crippen LogP) is 0.976. The first-order chi connectivity index (χ1) is 4.66. The van der Waals surface area contributed by atoms with Crippen molar-refractivity contribution in [2.45, 2.75) is 20.8 Å². The largest absolute Gasteiger partial charge is 0.336 e. The second-order valence-electron chi connectivity index (χ2n) is 2.55. The van der Waals surface area contributed by atoms with Crippen molar-refractivity contribution in [1.29, 1.82) is 0 Å². The molecule has 59 valence electrons. The summed E-state index contributed by atoms with van der Waals surface area (Å²) in [5.74, 6) is 0.496. The van der Waals surface area contributed by atoms with Crippen LogP contribution >= 0.6 is 0 Å². The van der Waals surface area contributed by atoms with Crippen LogP contribution < -0.4 is 10.6 Å². The smallest absolute Gasteiger partial charge is 0.336 e. The van der Waals surface area contributed by atoms with Crippen molar-refractivity contribution in [3.05, 3.63) is 0 Å². The van der Waals surface area contributed by atoms with Gasteiger partial charge in [0.1, 0.15) is 0 Å². The predicted molar refractivity (Wildman–Crippen MR) is 40.9 cm³/mol. The summed E-state index contributed by atoms with van der Waals surface area (Å²) in [6.07, 6.45) is 0. The Hall–Kier alpha value is -0.730. The van der Waals surface area contributed by atoms with E-state index in [1.807, 2.05) is 20.8 Å². The number of amides is 2. The summed E-state index contributed by atoms with van der Waals surface area (Å²) in [6.45, 7) is 7.21. The molecule has 0 bridgehead atoms. The number of carbonyl (C=O) groups excluding carboxylic acids is 1. The van der Waals surface area contributed by atoms with E-state index in [0.29, 0.717) is 19.0 Å². The van der Waals surface area contributed by atoms with Crippen molar-refractivity contribution < 1.29 is 4.79 Å². The van der Waals surface area contributed by atoms with Crippen LogP contribution in [0.25, 0.3) is 0 Å². The maximum absolute atomic E-state index is 10.7. The van der Waals surface area contributed by atoms with Gasteiger partial charge in [-0.2, -0.15) is 0 Å². The van der Waals surface area contributed by atoms with Crippen LogP contribution in [0.4, 0.5) is 4.79 Å². The van der Waals surface area contributed by atoms with Gasteiger partial charge in [0.15, 0.2) is 0 Å². The standard InChI is InChI=1S/C7H15N2O/c1-4-8-7(10)9-5-6(2)3/h6H,4-5H2,1-3H3,(H,9,10). The molecule has 0 aromatic heterocycles. The molecule has 0 atom stereocenters. The summed E-state index contributed by atoms with van der Waals surface area (Å²) in [5.41, 5.74) is 0. The Labute approximate surface area is 62.2 Å². The number of carbonyl (C=O) groups is 1. The topological polar surface area (TPSA) is 43.2 Å². The summed E-state index contributed by atoms with van der Waals surface area (Å²) in [7, 11) is 0. The summed E-state index contributed by atoms with van der Waals surface area (Å²) in [5, 5.41) is 6.32. The van der Waals surface area contributed by atoms with E-state index in [-0.39, 0.29) is 6.03 Å². The molecule has 0 unspecified atom stereocenters. The molecule has 0 rings (SSSR count). The maximum atomic E-state index is 10.7. The lowest BCUT2D eigenvalue weighted by atomic mass is 10.2. The molecule has 0 aliphatic carbocycles. The quantitative estimate of drug-likeness (QED) is 0.628. The van der Waals surface area contributed by atoms with Crippen molar-refractivity contribution in [2.75, 3.05) is 13.1 Å². The average Bonchev–Trinajstić information content (AvgIpc) is 1.85. The lowest BCUT2D eigenvalue weighted by molar-refractivity contribution is 0.239. The molecule has 1 radical (unpaired) electrons. The highest BCUT2D eigenvalue weighted by Crippen LogP contribution is 1.86. The third-order valence-electron chi connectivity index (χ3n) is 0.963. The van der Waals surface area contributed by atoms with Crippen LogP contribution in [0, 0.1) is 5.92 Å². The van der Waals surface area contributed by atoms with Gasteiger partial charge in [-0.05, 0) is 12.8 Å². The van der Waals surface area contributed by atoms with E-state index in [1.54, 1.807) is 0 Å². The first-order valence-electron chi connectivity index (χ1n) is 3.62. The Morgan fingerprint density at radius 3 is 2.60 bits per heavy atom. The van der Waals surface area contributed by atoms with Gasteiger partial charge < -0.3 is 5.32 Å². The fraction of sp³-hybridized carbons (Fsp3) is 0.857. The molecule has 1 N–H and O–H groups in total. The molecular weight excluding hydrogens is 128 g/mol. The van der Waals surface area contributed by atoms with Gasteiger partial charge in [-0.1, -0.05) is 13.8 Å². The molecule has 3 heteroatoms. The number of hydrogen-bond donors (Lipinski definition) is 1. The van der Waals surface area contributed by atoms with Crippen molar-refractivity contribution in [1.82, 2.24) is 10.6 Å². The lowest BCUT2D eigenvalue weighted by Gasteiger charge is -2.05. The molecule has 0 heterocycles. The number of nitrogens with zero attached hydrogens (tertiary/aromatic N) is 1. The summed E-state index contributed by atoms with van der Waals surface area (Å²) in [6, 6.07) is -0.198. The molecule has 0 saturated carbocycles. The molecule has 0 spiro atoms. The highest BCUT2D eigenvalue weighted by Gasteiger charge is 1.99. The molecule has 3 nitrogen and oxygen atoms in total. The molecule has 2 amide bonds. The fourth-order valence-electron chi connectivity index (χ4n) is 0.491. The van der Waals surface area contributed by atoms with Crippen LogP contribution in [0.5, 0.6) is 0 Å². The lowest BCUT2D eigenvalue weighted by Crippen LogP contribution is -2.32. The van der Waals surface area contributed by atoms with Gasteiger partial charge in [0, 0.05) is 13.1 Å². The van der Waals surface area contributed by atoms with E-state index in [1.165, 1.54) is 0 Å². The SMILES string of the molecule is CC[N]C(=O)NCC(C)C. The van der Waals surface area contributed by atoms with E-state index >= 15 is 0 Å². The second kappa shape index (κ2) is 5.09. The van der Waals surface area contributed by atoms with Crippen LogP contribution in [0.1, 0.15) is 20.8 Å². The zero-order valence-corrected chi connectivity index (χ0v) is 6.85.